The number of anilines is 4. The third-order valence-electron chi connectivity index (χ3n) is 6.11. The fraction of sp³-hybridized carbons (Fsp3) is 0.0714. The fourth-order valence-corrected chi connectivity index (χ4v) is 4.95. The molecule has 0 radical (unpaired) electrons. The number of halogens is 1. The molecule has 0 spiro atoms. The number of nitrogens with one attached hydrogen (secondary N) is 2. The fourth-order valence-electron chi connectivity index (χ4n) is 4.03. The zero-order valence-corrected chi connectivity index (χ0v) is 22.5. The Kier molecular flexibility index (Phi) is 7.63. The first-order valence-electron chi connectivity index (χ1n) is 12.0. The molecule has 0 atom stereocenters. The van der Waals surface area contributed by atoms with Crippen molar-refractivity contribution in [1.29, 1.82) is 0 Å². The number of amides is 3. The second-order valence-electron chi connectivity index (χ2n) is 8.68. The van der Waals surface area contributed by atoms with Gasteiger partial charge in [-0.25, -0.2) is 9.88 Å². The van der Waals surface area contributed by atoms with Crippen LogP contribution in [-0.2, 0) is 16.0 Å². The second kappa shape index (κ2) is 11.3. The van der Waals surface area contributed by atoms with E-state index in [1.165, 1.54) is 29.5 Å². The molecule has 40 heavy (non-hydrogen) atoms. The van der Waals surface area contributed by atoms with Crippen molar-refractivity contribution < 1.29 is 19.6 Å². The van der Waals surface area contributed by atoms with E-state index in [1.807, 2.05) is 19.1 Å². The van der Waals surface area contributed by atoms with Gasteiger partial charge >= 0.3 is 0 Å². The smallest absolute Gasteiger partial charge is 0.283 e. The van der Waals surface area contributed by atoms with Crippen molar-refractivity contribution in [3.8, 4) is 11.3 Å². The average Bonchev–Trinajstić information content (AvgIpc) is 3.51. The first-order chi connectivity index (χ1) is 19.2. The predicted molar refractivity (Wildman–Crippen MR) is 154 cm³/mol. The number of imide groups is 1. The summed E-state index contributed by atoms with van der Waals surface area (Å²) in [6, 6.07) is 19.7. The van der Waals surface area contributed by atoms with E-state index in [0.717, 1.165) is 16.9 Å². The van der Waals surface area contributed by atoms with Gasteiger partial charge in [-0.1, -0.05) is 48.9 Å². The minimum atomic E-state index is -0.639. The van der Waals surface area contributed by atoms with E-state index < -0.39 is 17.7 Å². The molecule has 1 aromatic heterocycles. The number of rotatable bonds is 8. The van der Waals surface area contributed by atoms with E-state index in [9.17, 15) is 19.6 Å². The van der Waals surface area contributed by atoms with Crippen LogP contribution in [0.3, 0.4) is 0 Å². The number of benzene rings is 3. The van der Waals surface area contributed by atoms with Crippen molar-refractivity contribution in [2.45, 2.75) is 13.3 Å². The quantitative estimate of drug-likeness (QED) is 0.178. The van der Waals surface area contributed by atoms with Gasteiger partial charge in [0, 0.05) is 22.2 Å². The molecule has 4 aromatic rings. The topological polar surface area (TPSA) is 138 Å². The molecule has 1 aliphatic heterocycles. The van der Waals surface area contributed by atoms with Gasteiger partial charge in [-0.05, 0) is 54.4 Å². The van der Waals surface area contributed by atoms with Gasteiger partial charge in [0.2, 0.25) is 0 Å². The number of carbonyl (C=O) groups is 3. The third kappa shape index (κ3) is 5.44. The van der Waals surface area contributed by atoms with E-state index in [0.29, 0.717) is 27.8 Å². The lowest BCUT2D eigenvalue weighted by Crippen LogP contribution is -2.32. The van der Waals surface area contributed by atoms with Crippen molar-refractivity contribution in [1.82, 2.24) is 4.98 Å². The van der Waals surface area contributed by atoms with Crippen LogP contribution in [0.2, 0.25) is 0 Å². The summed E-state index contributed by atoms with van der Waals surface area (Å²) in [5.74, 6) is -1.69. The summed E-state index contributed by atoms with van der Waals surface area (Å²) in [4.78, 5) is 44.2. The highest BCUT2D eigenvalue weighted by Gasteiger charge is 2.39. The van der Waals surface area contributed by atoms with Gasteiger partial charge in [-0.3, -0.25) is 24.9 Å². The molecular formula is C28H21ClN5O5S-. The molecule has 12 heteroatoms. The molecule has 2 heterocycles. The summed E-state index contributed by atoms with van der Waals surface area (Å²) in [6.45, 7) is 2.01. The predicted octanol–water partition coefficient (Wildman–Crippen LogP) is 5.75. The zero-order chi connectivity index (χ0) is 28.4. The maximum Gasteiger partial charge on any atom is 0.283 e. The van der Waals surface area contributed by atoms with E-state index >= 15 is 0 Å². The number of hydrogen-bond donors (Lipinski definition) is 3. The molecule has 202 valence electrons. The molecular weight excluding hydrogens is 554 g/mol. The minimum Gasteiger partial charge on any atom is -0.733 e. The Balaban J connectivity index is 1.29. The Morgan fingerprint density at radius 3 is 2.55 bits per heavy atom. The molecule has 0 aliphatic carbocycles. The number of hydrogen-bond acceptors (Lipinski definition) is 9. The lowest BCUT2D eigenvalue weighted by molar-refractivity contribution is -0.120. The lowest BCUT2D eigenvalue weighted by atomic mass is 10.1. The Bertz CT molecular complexity index is 1650. The van der Waals surface area contributed by atoms with Crippen molar-refractivity contribution in [2.75, 3.05) is 20.8 Å². The number of nitrogens with zero attached hydrogens (tertiary/aromatic N) is 3. The van der Waals surface area contributed by atoms with Gasteiger partial charge in [-0.15, -0.1) is 11.3 Å². The summed E-state index contributed by atoms with van der Waals surface area (Å²) in [6.07, 6.45) is 0.821. The van der Waals surface area contributed by atoms with E-state index in [1.54, 1.807) is 47.8 Å². The van der Waals surface area contributed by atoms with Crippen LogP contribution < -0.4 is 20.8 Å². The van der Waals surface area contributed by atoms with Crippen molar-refractivity contribution in [3.63, 3.8) is 0 Å². The summed E-state index contributed by atoms with van der Waals surface area (Å²) in [7, 11) is 0. The van der Waals surface area contributed by atoms with Gasteiger partial charge < -0.3 is 15.8 Å². The molecule has 0 fully saturated rings. The standard InChI is InChI=1S/C28H21ClN5O5S/c1-2-16-9-11-20(12-10-16)33-26(36)23(29)24(27(33)37)30-19-7-3-6-18(13-19)25(35)32-28-31-22(15-40-28)17-5-4-8-21(14-17)34(38)39/h3-15,30,38H,2H2,1H3,(H,31,32,35)/q-1. The molecule has 5 rings (SSSR count). The van der Waals surface area contributed by atoms with Gasteiger partial charge in [0.05, 0.1) is 17.1 Å². The van der Waals surface area contributed by atoms with Crippen molar-refractivity contribution in [3.05, 3.63) is 105 Å². The highest BCUT2D eigenvalue weighted by Crippen LogP contribution is 2.31. The summed E-state index contributed by atoms with van der Waals surface area (Å²) >= 11 is 7.44. The highest BCUT2D eigenvalue weighted by molar-refractivity contribution is 7.14. The van der Waals surface area contributed by atoms with Crippen LogP contribution in [0.15, 0.2) is 88.9 Å². The molecule has 0 saturated heterocycles. The number of aromatic nitrogens is 1. The monoisotopic (exact) mass is 574 g/mol. The average molecular weight is 575 g/mol. The van der Waals surface area contributed by atoms with Crippen LogP contribution in [0.5, 0.6) is 0 Å². The molecule has 0 saturated carbocycles. The Labute approximate surface area is 237 Å². The SMILES string of the molecule is CCc1ccc(N2C(=O)C(Cl)=C(Nc3cccc(C(=O)Nc4nc(-c5cccc(N([O-])O)c5)cs4)c3)C2=O)cc1. The first-order valence-corrected chi connectivity index (χ1v) is 13.3. The lowest BCUT2D eigenvalue weighted by Gasteiger charge is -2.21. The largest absolute Gasteiger partial charge is 0.733 e. The van der Waals surface area contributed by atoms with Gasteiger partial charge in [-0.2, -0.15) is 0 Å². The molecule has 0 unspecified atom stereocenters. The Hall–Kier alpha value is -4.55. The number of thiazole rings is 1. The van der Waals surface area contributed by atoms with Crippen LogP contribution in [-0.4, -0.2) is 27.9 Å². The third-order valence-corrected chi connectivity index (χ3v) is 7.22. The summed E-state index contributed by atoms with van der Waals surface area (Å²) in [5, 5.41) is 27.4. The second-order valence-corrected chi connectivity index (χ2v) is 9.91. The normalized spacial score (nSPS) is 13.2. The molecule has 3 N–H and O–H groups in total. The van der Waals surface area contributed by atoms with Crippen molar-refractivity contribution >= 4 is 62.9 Å². The van der Waals surface area contributed by atoms with E-state index in [-0.39, 0.29) is 27.2 Å². The Morgan fingerprint density at radius 1 is 1.07 bits per heavy atom. The van der Waals surface area contributed by atoms with Gasteiger partial charge in [0.1, 0.15) is 10.7 Å². The van der Waals surface area contributed by atoms with Crippen LogP contribution in [0.25, 0.3) is 11.3 Å². The molecule has 10 nitrogen and oxygen atoms in total. The van der Waals surface area contributed by atoms with Gasteiger partial charge in [0.25, 0.3) is 17.7 Å². The summed E-state index contributed by atoms with van der Waals surface area (Å²) < 4.78 is 0. The van der Waals surface area contributed by atoms with Gasteiger partial charge in [0.15, 0.2) is 5.13 Å². The van der Waals surface area contributed by atoms with Crippen LogP contribution in [0, 0.1) is 5.21 Å². The molecule has 3 aromatic carbocycles. The molecule has 1 aliphatic rings. The first kappa shape index (κ1) is 27.0. The maximum atomic E-state index is 13.1. The van der Waals surface area contributed by atoms with Crippen molar-refractivity contribution in [2.24, 2.45) is 0 Å². The van der Waals surface area contributed by atoms with Crippen LogP contribution >= 0.6 is 22.9 Å². The van der Waals surface area contributed by atoms with Crippen LogP contribution in [0.4, 0.5) is 22.2 Å². The highest BCUT2D eigenvalue weighted by atomic mass is 35.5. The maximum absolute atomic E-state index is 13.1. The minimum absolute atomic E-state index is 0.0515. The number of carbonyl (C=O) groups excluding carboxylic acids is 3. The summed E-state index contributed by atoms with van der Waals surface area (Å²) in [5.41, 5.74) is 3.19. The molecule has 0 bridgehead atoms. The Morgan fingerprint density at radius 2 is 1.82 bits per heavy atom. The zero-order valence-electron chi connectivity index (χ0n) is 20.9. The molecule has 3 amide bonds. The number of aryl methyl sites for hydroxylation is 1. The van der Waals surface area contributed by atoms with E-state index in [4.69, 9.17) is 16.8 Å². The van der Waals surface area contributed by atoms with E-state index in [2.05, 4.69) is 15.6 Å². The van der Waals surface area contributed by atoms with Crippen LogP contribution in [0.1, 0.15) is 22.8 Å².